The SMILES string of the molecule is Cc1ccc(NC(=O)COc2ccc(Cl)cc2Cl)cc1N. The maximum atomic E-state index is 11.8. The van der Waals surface area contributed by atoms with Gasteiger partial charge in [-0.2, -0.15) is 0 Å². The Morgan fingerprint density at radius 3 is 2.67 bits per heavy atom. The lowest BCUT2D eigenvalue weighted by molar-refractivity contribution is -0.118. The molecule has 2 aromatic rings. The number of carbonyl (C=O) groups excluding carboxylic acids is 1. The van der Waals surface area contributed by atoms with Crippen LogP contribution in [0.4, 0.5) is 11.4 Å². The van der Waals surface area contributed by atoms with Crippen molar-refractivity contribution >= 4 is 40.5 Å². The standard InChI is InChI=1S/C15H14Cl2N2O2/c1-9-2-4-11(7-13(9)18)19-15(20)8-21-14-5-3-10(16)6-12(14)17/h2-7H,8,18H2,1H3,(H,19,20). The van der Waals surface area contributed by atoms with Gasteiger partial charge < -0.3 is 15.8 Å². The minimum atomic E-state index is -0.302. The molecule has 0 unspecified atom stereocenters. The van der Waals surface area contributed by atoms with Crippen LogP contribution < -0.4 is 15.8 Å². The number of halogens is 2. The van der Waals surface area contributed by atoms with Crippen molar-refractivity contribution in [2.24, 2.45) is 0 Å². The van der Waals surface area contributed by atoms with E-state index in [0.717, 1.165) is 5.56 Å². The van der Waals surface area contributed by atoms with Crippen molar-refractivity contribution in [3.8, 4) is 5.75 Å². The molecule has 0 aromatic heterocycles. The number of rotatable bonds is 4. The van der Waals surface area contributed by atoms with Crippen molar-refractivity contribution in [3.05, 3.63) is 52.0 Å². The highest BCUT2D eigenvalue weighted by atomic mass is 35.5. The molecule has 0 bridgehead atoms. The van der Waals surface area contributed by atoms with E-state index in [4.69, 9.17) is 33.7 Å². The summed E-state index contributed by atoms with van der Waals surface area (Å²) in [7, 11) is 0. The van der Waals surface area contributed by atoms with E-state index in [1.54, 1.807) is 30.3 Å². The Kier molecular flexibility index (Phi) is 4.94. The second kappa shape index (κ2) is 6.70. The minimum Gasteiger partial charge on any atom is -0.482 e. The molecule has 21 heavy (non-hydrogen) atoms. The summed E-state index contributed by atoms with van der Waals surface area (Å²) in [6.45, 7) is 1.74. The van der Waals surface area contributed by atoms with Gasteiger partial charge in [0.05, 0.1) is 5.02 Å². The minimum absolute atomic E-state index is 0.158. The molecule has 0 saturated carbocycles. The van der Waals surface area contributed by atoms with Crippen LogP contribution in [-0.2, 0) is 4.79 Å². The number of anilines is 2. The van der Waals surface area contributed by atoms with Crippen molar-refractivity contribution < 1.29 is 9.53 Å². The molecule has 3 N–H and O–H groups in total. The Bertz CT molecular complexity index is 675. The largest absolute Gasteiger partial charge is 0.482 e. The van der Waals surface area contributed by atoms with Gasteiger partial charge in [0.1, 0.15) is 5.75 Å². The smallest absolute Gasteiger partial charge is 0.262 e. The fourth-order valence-corrected chi connectivity index (χ4v) is 2.11. The topological polar surface area (TPSA) is 64.3 Å². The lowest BCUT2D eigenvalue weighted by Crippen LogP contribution is -2.20. The van der Waals surface area contributed by atoms with Crippen molar-refractivity contribution in [2.45, 2.75) is 6.92 Å². The van der Waals surface area contributed by atoms with Gasteiger partial charge in [0.15, 0.2) is 6.61 Å². The number of nitrogen functional groups attached to an aromatic ring is 1. The van der Waals surface area contributed by atoms with Crippen LogP contribution in [0.2, 0.25) is 10.0 Å². The quantitative estimate of drug-likeness (QED) is 0.838. The number of carbonyl (C=O) groups is 1. The summed E-state index contributed by atoms with van der Waals surface area (Å²) < 4.78 is 5.35. The Hall–Kier alpha value is -1.91. The number of nitrogens with two attached hydrogens (primary N) is 1. The van der Waals surface area contributed by atoms with Crippen LogP contribution in [0.1, 0.15) is 5.56 Å². The lowest BCUT2D eigenvalue weighted by atomic mass is 10.2. The first-order valence-corrected chi connectivity index (χ1v) is 6.95. The summed E-state index contributed by atoms with van der Waals surface area (Å²) in [5.74, 6) is 0.101. The molecule has 0 spiro atoms. The van der Waals surface area contributed by atoms with E-state index in [9.17, 15) is 4.79 Å². The molecule has 2 rings (SSSR count). The van der Waals surface area contributed by atoms with E-state index in [2.05, 4.69) is 5.32 Å². The van der Waals surface area contributed by atoms with Gasteiger partial charge in [-0.25, -0.2) is 0 Å². The summed E-state index contributed by atoms with van der Waals surface area (Å²) in [5, 5.41) is 3.56. The van der Waals surface area contributed by atoms with Gasteiger partial charge in [-0.15, -0.1) is 0 Å². The predicted octanol–water partition coefficient (Wildman–Crippen LogP) is 3.90. The van der Waals surface area contributed by atoms with Gasteiger partial charge in [-0.1, -0.05) is 29.3 Å². The number of hydrogen-bond donors (Lipinski definition) is 2. The average Bonchev–Trinajstić information content (AvgIpc) is 2.42. The van der Waals surface area contributed by atoms with E-state index < -0.39 is 0 Å². The summed E-state index contributed by atoms with van der Waals surface area (Å²) in [5.41, 5.74) is 7.98. The highest BCUT2D eigenvalue weighted by molar-refractivity contribution is 6.35. The predicted molar refractivity (Wildman–Crippen MR) is 86.2 cm³/mol. The van der Waals surface area contributed by atoms with Gasteiger partial charge in [0.25, 0.3) is 5.91 Å². The van der Waals surface area contributed by atoms with Gasteiger partial charge in [-0.3, -0.25) is 4.79 Å². The molecule has 0 saturated heterocycles. The van der Waals surface area contributed by atoms with Crippen molar-refractivity contribution in [2.75, 3.05) is 17.7 Å². The third-order valence-electron chi connectivity index (χ3n) is 2.82. The summed E-state index contributed by atoms with van der Waals surface area (Å²) in [6.07, 6.45) is 0. The second-order valence-electron chi connectivity index (χ2n) is 4.48. The first kappa shape index (κ1) is 15.5. The van der Waals surface area contributed by atoms with Crippen molar-refractivity contribution in [1.29, 1.82) is 0 Å². The van der Waals surface area contributed by atoms with Gasteiger partial charge >= 0.3 is 0 Å². The number of hydrogen-bond acceptors (Lipinski definition) is 3. The number of amides is 1. The molecular formula is C15H14Cl2N2O2. The van der Waals surface area contributed by atoms with Crippen molar-refractivity contribution in [1.82, 2.24) is 0 Å². The lowest BCUT2D eigenvalue weighted by Gasteiger charge is -2.10. The molecule has 6 heteroatoms. The molecule has 2 aromatic carbocycles. The number of benzene rings is 2. The molecular weight excluding hydrogens is 311 g/mol. The maximum Gasteiger partial charge on any atom is 0.262 e. The van der Waals surface area contributed by atoms with Crippen molar-refractivity contribution in [3.63, 3.8) is 0 Å². The first-order valence-electron chi connectivity index (χ1n) is 6.19. The molecule has 0 atom stereocenters. The zero-order valence-electron chi connectivity index (χ0n) is 11.3. The van der Waals surface area contributed by atoms with E-state index in [-0.39, 0.29) is 12.5 Å². The third-order valence-corrected chi connectivity index (χ3v) is 3.35. The summed E-state index contributed by atoms with van der Waals surface area (Å²) in [6, 6.07) is 10.1. The van der Waals surface area contributed by atoms with Crippen LogP contribution >= 0.6 is 23.2 Å². The van der Waals surface area contributed by atoms with E-state index >= 15 is 0 Å². The Morgan fingerprint density at radius 1 is 1.24 bits per heavy atom. The van der Waals surface area contributed by atoms with Gasteiger partial charge in [-0.05, 0) is 42.8 Å². The molecule has 0 heterocycles. The van der Waals surface area contributed by atoms with Gasteiger partial charge in [0.2, 0.25) is 0 Å². The molecule has 0 aliphatic rings. The molecule has 0 aliphatic carbocycles. The van der Waals surface area contributed by atoms with E-state index in [1.807, 2.05) is 13.0 Å². The molecule has 0 radical (unpaired) electrons. The fourth-order valence-electron chi connectivity index (χ4n) is 1.65. The van der Waals surface area contributed by atoms with Crippen LogP contribution in [0.5, 0.6) is 5.75 Å². The fraction of sp³-hybridized carbons (Fsp3) is 0.133. The highest BCUT2D eigenvalue weighted by Gasteiger charge is 2.07. The van der Waals surface area contributed by atoms with Crippen LogP contribution in [0.15, 0.2) is 36.4 Å². The molecule has 0 fully saturated rings. The summed E-state index contributed by atoms with van der Waals surface area (Å²) >= 11 is 11.7. The number of aryl methyl sites for hydroxylation is 1. The molecule has 110 valence electrons. The second-order valence-corrected chi connectivity index (χ2v) is 5.33. The molecule has 0 aliphatic heterocycles. The van der Waals surface area contributed by atoms with Crippen LogP contribution in [0, 0.1) is 6.92 Å². The molecule has 1 amide bonds. The van der Waals surface area contributed by atoms with Crippen LogP contribution in [0.3, 0.4) is 0 Å². The Balaban J connectivity index is 1.94. The van der Waals surface area contributed by atoms with Crippen LogP contribution in [0.25, 0.3) is 0 Å². The molecule has 4 nitrogen and oxygen atoms in total. The monoisotopic (exact) mass is 324 g/mol. The summed E-state index contributed by atoms with van der Waals surface area (Å²) in [4.78, 5) is 11.8. The normalized spacial score (nSPS) is 10.2. The Morgan fingerprint density at radius 2 is 2.00 bits per heavy atom. The number of ether oxygens (including phenoxy) is 1. The van der Waals surface area contributed by atoms with E-state index in [1.165, 1.54) is 0 Å². The number of nitrogens with one attached hydrogen (secondary N) is 1. The van der Waals surface area contributed by atoms with E-state index in [0.29, 0.717) is 27.2 Å². The zero-order valence-corrected chi connectivity index (χ0v) is 12.8. The highest BCUT2D eigenvalue weighted by Crippen LogP contribution is 2.27. The van der Waals surface area contributed by atoms with Gasteiger partial charge in [0, 0.05) is 16.4 Å². The maximum absolute atomic E-state index is 11.8. The van der Waals surface area contributed by atoms with Crippen LogP contribution in [-0.4, -0.2) is 12.5 Å². The zero-order chi connectivity index (χ0) is 15.4. The Labute approximate surface area is 132 Å². The first-order chi connectivity index (χ1) is 9.95. The average molecular weight is 325 g/mol. The third kappa shape index (κ3) is 4.28.